The number of ether oxygens (including phenoxy) is 1. The molecule has 1 aromatic carbocycles. The summed E-state index contributed by atoms with van der Waals surface area (Å²) in [5, 5.41) is 3.19. The van der Waals surface area contributed by atoms with Gasteiger partial charge in [0.15, 0.2) is 5.67 Å². The van der Waals surface area contributed by atoms with Crippen LogP contribution in [0.25, 0.3) is 0 Å². The molecule has 1 saturated carbocycles. The summed E-state index contributed by atoms with van der Waals surface area (Å²) >= 11 is 5.76. The molecule has 1 aromatic rings. The molecule has 2 atom stereocenters. The fourth-order valence-electron chi connectivity index (χ4n) is 1.84. The number of hydrogen-bond acceptors (Lipinski definition) is 2. The first-order valence-corrected chi connectivity index (χ1v) is 6.52. The maximum absolute atomic E-state index is 14.5. The van der Waals surface area contributed by atoms with Gasteiger partial charge in [0.2, 0.25) is 0 Å². The minimum atomic E-state index is -1.58. The Kier molecular flexibility index (Phi) is 3.47. The van der Waals surface area contributed by atoms with E-state index >= 15 is 0 Å². The minimum absolute atomic E-state index is 0.187. The zero-order valence-corrected chi connectivity index (χ0v) is 11.9. The number of rotatable bonds is 2. The molecule has 104 valence electrons. The highest BCUT2D eigenvalue weighted by Gasteiger charge is 2.60. The first-order valence-electron chi connectivity index (χ1n) is 6.14. The van der Waals surface area contributed by atoms with E-state index in [1.807, 2.05) is 20.8 Å². The summed E-state index contributed by atoms with van der Waals surface area (Å²) in [5.74, 6) is 0. The van der Waals surface area contributed by atoms with Crippen LogP contribution in [0.5, 0.6) is 0 Å². The second-order valence-corrected chi connectivity index (χ2v) is 6.28. The molecule has 0 spiro atoms. The Morgan fingerprint density at radius 2 is 2.00 bits per heavy atom. The van der Waals surface area contributed by atoms with Crippen LogP contribution in [0.15, 0.2) is 24.3 Å². The summed E-state index contributed by atoms with van der Waals surface area (Å²) in [6, 6.07) is 6.49. The van der Waals surface area contributed by atoms with Gasteiger partial charge in [-0.25, -0.2) is 9.18 Å². The number of benzene rings is 1. The van der Waals surface area contributed by atoms with Crippen molar-refractivity contribution >= 4 is 17.7 Å². The Morgan fingerprint density at radius 1 is 1.42 bits per heavy atom. The van der Waals surface area contributed by atoms with Gasteiger partial charge in [-0.3, -0.25) is 0 Å². The van der Waals surface area contributed by atoms with E-state index in [-0.39, 0.29) is 6.42 Å². The molecule has 19 heavy (non-hydrogen) atoms. The van der Waals surface area contributed by atoms with Crippen molar-refractivity contribution < 1.29 is 13.9 Å². The van der Waals surface area contributed by atoms with Crippen LogP contribution in [0, 0.1) is 0 Å². The smallest absolute Gasteiger partial charge is 0.407 e. The molecule has 0 aromatic heterocycles. The lowest BCUT2D eigenvalue weighted by atomic mass is 10.1. The zero-order valence-electron chi connectivity index (χ0n) is 11.2. The van der Waals surface area contributed by atoms with Crippen LogP contribution in [0.4, 0.5) is 9.18 Å². The second-order valence-electron chi connectivity index (χ2n) is 5.84. The summed E-state index contributed by atoms with van der Waals surface area (Å²) in [5.41, 5.74) is -1.49. The predicted octanol–water partition coefficient (Wildman–Crippen LogP) is 3.80. The van der Waals surface area contributed by atoms with Crippen molar-refractivity contribution in [3.05, 3.63) is 34.9 Å². The van der Waals surface area contributed by atoms with Crippen molar-refractivity contribution in [3.63, 3.8) is 0 Å². The maximum Gasteiger partial charge on any atom is 0.407 e. The minimum Gasteiger partial charge on any atom is -0.442 e. The molecule has 0 bridgehead atoms. The molecule has 0 saturated heterocycles. The van der Waals surface area contributed by atoms with Crippen LogP contribution in [0.2, 0.25) is 5.02 Å². The molecule has 1 N–H and O–H groups in total. The second kappa shape index (κ2) is 4.67. The molecule has 0 aliphatic heterocycles. The van der Waals surface area contributed by atoms with E-state index in [1.54, 1.807) is 24.3 Å². The number of hydrogen-bond donors (Lipinski definition) is 1. The molecule has 2 rings (SSSR count). The summed E-state index contributed by atoms with van der Waals surface area (Å²) in [4.78, 5) is 11.6. The third-order valence-electron chi connectivity index (χ3n) is 2.88. The summed E-state index contributed by atoms with van der Waals surface area (Å²) in [6.45, 7) is 5.51. The van der Waals surface area contributed by atoms with E-state index in [1.165, 1.54) is 0 Å². The molecule has 1 fully saturated rings. The van der Waals surface area contributed by atoms with Gasteiger partial charge in [0, 0.05) is 17.0 Å². The molecule has 2 unspecified atom stereocenters. The fourth-order valence-corrected chi connectivity index (χ4v) is 1.97. The van der Waals surface area contributed by atoms with E-state index in [2.05, 4.69) is 5.32 Å². The highest BCUT2D eigenvalue weighted by atomic mass is 35.5. The average Bonchev–Trinajstić information content (AvgIpc) is 2.88. The van der Waals surface area contributed by atoms with Crippen molar-refractivity contribution in [3.8, 4) is 0 Å². The summed E-state index contributed by atoms with van der Waals surface area (Å²) < 4.78 is 19.6. The topological polar surface area (TPSA) is 38.3 Å². The molecular weight excluding hydrogens is 269 g/mol. The number of alkyl halides is 1. The Labute approximate surface area is 117 Å². The molecule has 1 aliphatic rings. The van der Waals surface area contributed by atoms with Gasteiger partial charge in [0.05, 0.1) is 0 Å². The molecule has 1 amide bonds. The number of carbonyl (C=O) groups excluding carboxylic acids is 1. The van der Waals surface area contributed by atoms with Gasteiger partial charge in [-0.2, -0.15) is 0 Å². The highest BCUT2D eigenvalue weighted by Crippen LogP contribution is 2.52. The van der Waals surface area contributed by atoms with Gasteiger partial charge >= 0.3 is 6.09 Å². The van der Waals surface area contributed by atoms with Crippen molar-refractivity contribution in [1.29, 1.82) is 0 Å². The van der Waals surface area contributed by atoms with Gasteiger partial charge in [-0.15, -0.1) is 0 Å². The van der Waals surface area contributed by atoms with E-state index in [0.29, 0.717) is 10.6 Å². The largest absolute Gasteiger partial charge is 0.442 e. The van der Waals surface area contributed by atoms with E-state index in [9.17, 15) is 9.18 Å². The molecule has 0 heterocycles. The van der Waals surface area contributed by atoms with Crippen LogP contribution in [-0.2, 0) is 10.4 Å². The van der Waals surface area contributed by atoms with Gasteiger partial charge in [-0.05, 0) is 38.5 Å². The third kappa shape index (κ3) is 3.38. The van der Waals surface area contributed by atoms with Crippen LogP contribution < -0.4 is 5.32 Å². The van der Waals surface area contributed by atoms with Crippen molar-refractivity contribution in [2.45, 2.75) is 44.5 Å². The number of nitrogens with one attached hydrogen (secondary N) is 1. The van der Waals surface area contributed by atoms with Crippen LogP contribution >= 0.6 is 11.6 Å². The van der Waals surface area contributed by atoms with E-state index in [4.69, 9.17) is 16.3 Å². The van der Waals surface area contributed by atoms with Crippen LogP contribution in [0.1, 0.15) is 32.8 Å². The summed E-state index contributed by atoms with van der Waals surface area (Å²) in [7, 11) is 0. The van der Waals surface area contributed by atoms with Crippen molar-refractivity contribution in [2.75, 3.05) is 0 Å². The maximum atomic E-state index is 14.5. The normalized spacial score (nSPS) is 25.8. The number of carbonyl (C=O) groups is 1. The molecule has 5 heteroatoms. The van der Waals surface area contributed by atoms with Gasteiger partial charge in [0.1, 0.15) is 6.10 Å². The Bertz CT molecular complexity index is 483. The molecule has 3 nitrogen and oxygen atoms in total. The predicted molar refractivity (Wildman–Crippen MR) is 72.0 cm³/mol. The third-order valence-corrected chi connectivity index (χ3v) is 3.14. The van der Waals surface area contributed by atoms with E-state index < -0.39 is 23.4 Å². The number of alkyl carbamates (subject to hydrolysis) is 1. The molecular formula is C14H17ClFNO2. The first kappa shape index (κ1) is 14.1. The lowest BCUT2D eigenvalue weighted by Gasteiger charge is -2.20. The SMILES string of the molecule is CC(C)(C)NC(=O)OC1CC1(F)c1ccc(Cl)cc1. The lowest BCUT2D eigenvalue weighted by molar-refractivity contribution is 0.102. The lowest BCUT2D eigenvalue weighted by Crippen LogP contribution is -2.41. The molecule has 1 aliphatic carbocycles. The average molecular weight is 286 g/mol. The van der Waals surface area contributed by atoms with Crippen LogP contribution in [-0.4, -0.2) is 17.7 Å². The van der Waals surface area contributed by atoms with Gasteiger partial charge in [0.25, 0.3) is 0 Å². The van der Waals surface area contributed by atoms with Crippen molar-refractivity contribution in [2.24, 2.45) is 0 Å². The first-order chi connectivity index (χ1) is 8.71. The summed E-state index contributed by atoms with van der Waals surface area (Å²) in [6.07, 6.45) is -1.13. The quantitative estimate of drug-likeness (QED) is 0.897. The Hall–Kier alpha value is -1.29. The fraction of sp³-hybridized carbons (Fsp3) is 0.500. The Balaban J connectivity index is 1.96. The van der Waals surface area contributed by atoms with E-state index in [0.717, 1.165) is 0 Å². The molecule has 0 radical (unpaired) electrons. The van der Waals surface area contributed by atoms with Crippen molar-refractivity contribution in [1.82, 2.24) is 5.32 Å². The van der Waals surface area contributed by atoms with Crippen LogP contribution in [0.3, 0.4) is 0 Å². The monoisotopic (exact) mass is 285 g/mol. The number of halogens is 2. The number of amides is 1. The highest BCUT2D eigenvalue weighted by molar-refractivity contribution is 6.30. The Morgan fingerprint density at radius 3 is 2.53 bits per heavy atom. The van der Waals surface area contributed by atoms with Gasteiger partial charge < -0.3 is 10.1 Å². The standard InChI is InChI=1S/C14H17ClFNO2/c1-13(2,3)17-12(18)19-11-8-14(11,16)9-4-6-10(15)7-5-9/h4-7,11H,8H2,1-3H3,(H,17,18). The zero-order chi connectivity index (χ0) is 14.3. The van der Waals surface area contributed by atoms with Gasteiger partial charge in [-0.1, -0.05) is 23.7 Å².